The maximum Gasteiger partial charge on any atom is 0.355 e. The van der Waals surface area contributed by atoms with Crippen molar-refractivity contribution in [2.45, 2.75) is 78.5 Å². The number of pyridine rings is 1. The van der Waals surface area contributed by atoms with E-state index in [2.05, 4.69) is 29.5 Å². The molecule has 4 unspecified atom stereocenters. The van der Waals surface area contributed by atoms with Gasteiger partial charge in [-0.15, -0.1) is 0 Å². The number of nitrogens with one attached hydrogen (secondary N) is 2. The van der Waals surface area contributed by atoms with Crippen LogP contribution in [-0.2, 0) is 39.1 Å². The number of carboxylic acids is 1. The molecule has 2 aliphatic carbocycles. The van der Waals surface area contributed by atoms with E-state index in [-0.39, 0.29) is 40.8 Å². The Hall–Kier alpha value is -4.78. The van der Waals surface area contributed by atoms with Crippen LogP contribution in [0.1, 0.15) is 83.6 Å². The van der Waals surface area contributed by atoms with Gasteiger partial charge in [0.25, 0.3) is 16.0 Å². The molecule has 1 aliphatic heterocycles. The topological polar surface area (TPSA) is 198 Å². The largest absolute Gasteiger partial charge is 0.476 e. The van der Waals surface area contributed by atoms with Crippen LogP contribution >= 0.6 is 11.3 Å². The highest BCUT2D eigenvalue weighted by Gasteiger charge is 2.51. The summed E-state index contributed by atoms with van der Waals surface area (Å²) in [4.78, 5) is 37.9. The molecule has 8 rings (SSSR count). The van der Waals surface area contributed by atoms with Gasteiger partial charge in [-0.05, 0) is 104 Å². The summed E-state index contributed by atoms with van der Waals surface area (Å²) in [7, 11) is -3.99. The van der Waals surface area contributed by atoms with Crippen molar-refractivity contribution in [3.63, 3.8) is 0 Å². The van der Waals surface area contributed by atoms with E-state index < -0.39 is 16.1 Å². The van der Waals surface area contributed by atoms with Gasteiger partial charge in [-0.2, -0.15) is 13.5 Å². The third-order valence-electron chi connectivity index (χ3n) is 12.7. The zero-order chi connectivity index (χ0) is 43.6. The average Bonchev–Trinajstić information content (AvgIpc) is 3.79. The van der Waals surface area contributed by atoms with Crippen molar-refractivity contribution >= 4 is 54.5 Å². The lowest BCUT2D eigenvalue weighted by atomic mass is 9.52. The van der Waals surface area contributed by atoms with E-state index in [1.54, 1.807) is 6.20 Å². The number of carbonyl (C=O) groups is 2. The number of rotatable bonds is 17. The second-order valence-corrected chi connectivity index (χ2v) is 20.4. The first-order chi connectivity index (χ1) is 29.7. The average molecular weight is 886 g/mol. The molecule has 2 saturated carbocycles. The number of aromatic nitrogens is 4. The molecule has 4 N–H and O–H groups in total. The Morgan fingerprint density at radius 1 is 0.984 bits per heavy atom. The second kappa shape index (κ2) is 18.1. The fourth-order valence-electron chi connectivity index (χ4n) is 10.5. The van der Waals surface area contributed by atoms with E-state index in [0.717, 1.165) is 64.7 Å². The summed E-state index contributed by atoms with van der Waals surface area (Å²) in [6.45, 7) is 10.3. The normalized spacial score (nSPS) is 22.4. The van der Waals surface area contributed by atoms with Gasteiger partial charge in [0.05, 0.1) is 48.1 Å². The zero-order valence-electron chi connectivity index (χ0n) is 35.4. The van der Waals surface area contributed by atoms with Crippen LogP contribution in [0.5, 0.6) is 0 Å². The minimum absolute atomic E-state index is 0.0444. The summed E-state index contributed by atoms with van der Waals surface area (Å²) in [5.74, 6) is -0.620. The van der Waals surface area contributed by atoms with Crippen molar-refractivity contribution in [1.82, 2.24) is 25.1 Å². The van der Waals surface area contributed by atoms with Crippen LogP contribution in [0.2, 0.25) is 0 Å². The molecule has 1 amide bonds. The predicted octanol–water partition coefficient (Wildman–Crippen LogP) is 6.86. The van der Waals surface area contributed by atoms with Gasteiger partial charge in [0, 0.05) is 55.1 Å². The number of hydrogen-bond donors (Lipinski definition) is 4. The lowest BCUT2D eigenvalue weighted by molar-refractivity contribution is -0.116. The van der Waals surface area contributed by atoms with Gasteiger partial charge in [-0.1, -0.05) is 49.4 Å². The van der Waals surface area contributed by atoms with Gasteiger partial charge in [0.1, 0.15) is 5.82 Å². The predicted molar refractivity (Wildman–Crippen MR) is 239 cm³/mol. The summed E-state index contributed by atoms with van der Waals surface area (Å²) in [6.07, 6.45) is 7.60. The zero-order valence-corrected chi connectivity index (χ0v) is 37.1. The Morgan fingerprint density at radius 3 is 2.63 bits per heavy atom. The molecule has 0 saturated heterocycles. The number of ether oxygens (including phenoxy) is 2. The Balaban J connectivity index is 0.940. The summed E-state index contributed by atoms with van der Waals surface area (Å²) >= 11 is 1.43. The summed E-state index contributed by atoms with van der Waals surface area (Å²) in [5.41, 5.74) is 5.50. The maximum atomic E-state index is 13.6. The van der Waals surface area contributed by atoms with Crippen LogP contribution in [0.15, 0.2) is 60.8 Å². The van der Waals surface area contributed by atoms with Crippen LogP contribution < -0.4 is 15.5 Å². The number of hydrogen-bond acceptors (Lipinski definition) is 12. The van der Waals surface area contributed by atoms with Gasteiger partial charge in [0.2, 0.25) is 0 Å². The van der Waals surface area contributed by atoms with Gasteiger partial charge in [0.15, 0.2) is 10.8 Å². The molecule has 3 aromatic heterocycles. The molecule has 4 atom stereocenters. The van der Waals surface area contributed by atoms with Crippen molar-refractivity contribution in [3.8, 4) is 11.1 Å². The number of carboxylic acid groups (broad SMARTS) is 1. The third-order valence-corrected chi connectivity index (χ3v) is 14.3. The Labute approximate surface area is 366 Å². The molecule has 17 heteroatoms. The van der Waals surface area contributed by atoms with E-state index >= 15 is 0 Å². The van der Waals surface area contributed by atoms with Crippen molar-refractivity contribution in [3.05, 3.63) is 88.9 Å². The van der Waals surface area contributed by atoms with Crippen LogP contribution in [-0.4, -0.2) is 101 Å². The highest BCUT2D eigenvalue weighted by atomic mass is 32.2. The minimum Gasteiger partial charge on any atom is -0.476 e. The monoisotopic (exact) mass is 885 g/mol. The number of thiazole rings is 1. The number of nitrogens with zero attached hydrogens (tertiary/aromatic N) is 5. The van der Waals surface area contributed by atoms with Crippen molar-refractivity contribution in [1.29, 1.82) is 0 Å². The second-order valence-electron chi connectivity index (χ2n) is 17.8. The van der Waals surface area contributed by atoms with Crippen LogP contribution in [0.4, 0.5) is 10.9 Å². The highest BCUT2D eigenvalue weighted by molar-refractivity contribution is 7.85. The molecule has 15 nitrogen and oxygen atoms in total. The summed E-state index contributed by atoms with van der Waals surface area (Å²) in [6, 6.07) is 17.2. The number of benzene rings is 2. The fourth-order valence-corrected chi connectivity index (χ4v) is 11.8. The first-order valence-electron chi connectivity index (χ1n) is 21.3. The lowest BCUT2D eigenvalue weighted by Gasteiger charge is -2.55. The first-order valence-corrected chi connectivity index (χ1v) is 23.7. The number of amides is 1. The number of aromatic carboxylic acids is 1. The lowest BCUT2D eigenvalue weighted by Crippen LogP contribution is -2.49. The summed E-state index contributed by atoms with van der Waals surface area (Å²) < 4.78 is 45.8. The van der Waals surface area contributed by atoms with Crippen LogP contribution in [0.3, 0.4) is 0 Å². The molecule has 0 spiro atoms. The number of para-hydroxylation sites is 1. The molecular formula is C45H55N7O8S2. The van der Waals surface area contributed by atoms with Crippen molar-refractivity contribution in [2.75, 3.05) is 55.4 Å². The molecule has 62 heavy (non-hydrogen) atoms. The molecule has 5 aromatic rings. The van der Waals surface area contributed by atoms with Crippen LogP contribution in [0, 0.1) is 23.7 Å². The molecule has 0 radical (unpaired) electrons. The van der Waals surface area contributed by atoms with Crippen LogP contribution in [0.25, 0.3) is 21.3 Å². The van der Waals surface area contributed by atoms with Gasteiger partial charge < -0.3 is 24.8 Å². The molecule has 330 valence electrons. The standard InChI is InChI=1S/C45H55N7O8S2/c1-29-21-44(3)23-32(60-19-18-59-17-14-46-15-20-62(56,57)58)24-45(22-29,27-44)28-52-30(2)35(25-47-52)33-11-12-39(49-40(33)42(54)55)51-16-13-31-7-6-8-34(36(31)26-51)41(53)50-43-48-37-9-4-5-10-38(37)61-43/h4-12,25,29,32,46H,13-24,26-28H2,1-3H3,(H,54,55)(H,48,50,53)(H,56,57,58). The van der Waals surface area contributed by atoms with Gasteiger partial charge in [-0.25, -0.2) is 14.8 Å². The molecule has 4 heterocycles. The highest BCUT2D eigenvalue weighted by Crippen LogP contribution is 2.58. The van der Waals surface area contributed by atoms with E-state index in [1.165, 1.54) is 11.3 Å². The number of anilines is 2. The van der Waals surface area contributed by atoms with E-state index in [1.807, 2.05) is 71.1 Å². The first kappa shape index (κ1) is 43.9. The van der Waals surface area contributed by atoms with E-state index in [4.69, 9.17) is 24.1 Å². The molecular weight excluding hydrogens is 831 g/mol. The van der Waals surface area contributed by atoms with E-state index in [9.17, 15) is 23.1 Å². The quantitative estimate of drug-likeness (QED) is 0.0559. The smallest absolute Gasteiger partial charge is 0.355 e. The maximum absolute atomic E-state index is 13.6. The van der Waals surface area contributed by atoms with Crippen molar-refractivity contribution in [2.24, 2.45) is 16.7 Å². The number of carbonyl (C=O) groups excluding carboxylic acids is 1. The molecule has 3 aliphatic rings. The summed E-state index contributed by atoms with van der Waals surface area (Å²) in [5, 5.41) is 21.9. The van der Waals surface area contributed by atoms with Crippen molar-refractivity contribution < 1.29 is 37.1 Å². The Bertz CT molecular complexity index is 2530. The minimum atomic E-state index is -3.99. The third kappa shape index (κ3) is 10.0. The Morgan fingerprint density at radius 2 is 1.82 bits per heavy atom. The van der Waals surface area contributed by atoms with E-state index in [0.29, 0.717) is 80.4 Å². The van der Waals surface area contributed by atoms with Gasteiger partial charge >= 0.3 is 5.97 Å². The fraction of sp³-hybridized carbons (Fsp3) is 0.489. The molecule has 2 bridgehead atoms. The molecule has 2 aromatic carbocycles. The SMILES string of the molecule is Cc1c(-c2ccc(N3CCc4cccc(C(=O)Nc5nc6ccccc6s5)c4C3)nc2C(=O)O)cnn1CC12CC(C)CC(C)(CC(OCCOCCNCCS(=O)(=O)O)C1)C2. The molecule has 2 fully saturated rings. The van der Waals surface area contributed by atoms with Gasteiger partial charge in [-0.3, -0.25) is 19.3 Å². The number of fused-ring (bicyclic) bond motifs is 4. The Kier molecular flexibility index (Phi) is 12.8.